The second kappa shape index (κ2) is 8.84. The summed E-state index contributed by atoms with van der Waals surface area (Å²) in [5.74, 6) is 0.738. The summed E-state index contributed by atoms with van der Waals surface area (Å²) in [6, 6.07) is 14.9. The molecule has 1 aliphatic heterocycles. The van der Waals surface area contributed by atoms with E-state index in [4.69, 9.17) is 9.84 Å². The highest BCUT2D eigenvalue weighted by Gasteiger charge is 2.29. The van der Waals surface area contributed by atoms with Crippen molar-refractivity contribution >= 4 is 10.0 Å². The summed E-state index contributed by atoms with van der Waals surface area (Å²) in [7, 11) is -3.43. The van der Waals surface area contributed by atoms with Gasteiger partial charge >= 0.3 is 0 Å². The normalized spacial score (nSPS) is 16.4. The molecule has 2 aromatic carbocycles. The molecule has 27 heavy (non-hydrogen) atoms. The largest absolute Gasteiger partial charge is 0.491 e. The molecular weight excluding hydrogens is 364 g/mol. The molecule has 0 unspecified atom stereocenters. The SMILES string of the molecule is Cc1ccccc1S(=O)(=O)N1CCN(Cc2ccc(OCCO)cc2)CC1. The van der Waals surface area contributed by atoms with Gasteiger partial charge in [0.15, 0.2) is 0 Å². The van der Waals surface area contributed by atoms with Crippen molar-refractivity contribution in [3.05, 3.63) is 59.7 Å². The fraction of sp³-hybridized carbons (Fsp3) is 0.400. The van der Waals surface area contributed by atoms with Gasteiger partial charge < -0.3 is 9.84 Å². The number of hydrogen-bond acceptors (Lipinski definition) is 5. The highest BCUT2D eigenvalue weighted by Crippen LogP contribution is 2.21. The average Bonchev–Trinajstić information content (AvgIpc) is 2.68. The lowest BCUT2D eigenvalue weighted by Crippen LogP contribution is -2.48. The Morgan fingerprint density at radius 3 is 2.30 bits per heavy atom. The molecule has 0 bridgehead atoms. The first-order chi connectivity index (χ1) is 13.0. The third-order valence-electron chi connectivity index (χ3n) is 4.73. The van der Waals surface area contributed by atoms with Crippen molar-refractivity contribution in [2.24, 2.45) is 0 Å². The van der Waals surface area contributed by atoms with Crippen molar-refractivity contribution in [1.29, 1.82) is 0 Å². The van der Waals surface area contributed by atoms with E-state index >= 15 is 0 Å². The number of piperazine rings is 1. The van der Waals surface area contributed by atoms with Gasteiger partial charge in [0.1, 0.15) is 12.4 Å². The number of aliphatic hydroxyl groups is 1. The van der Waals surface area contributed by atoms with Crippen molar-refractivity contribution in [2.45, 2.75) is 18.4 Å². The van der Waals surface area contributed by atoms with Crippen molar-refractivity contribution < 1.29 is 18.3 Å². The number of benzene rings is 2. The van der Waals surface area contributed by atoms with E-state index in [0.29, 0.717) is 31.1 Å². The van der Waals surface area contributed by atoms with Gasteiger partial charge in [0, 0.05) is 32.7 Å². The van der Waals surface area contributed by atoms with E-state index in [1.807, 2.05) is 43.3 Å². The number of rotatable bonds is 7. The first-order valence-electron chi connectivity index (χ1n) is 9.11. The maximum absolute atomic E-state index is 12.9. The van der Waals surface area contributed by atoms with E-state index in [-0.39, 0.29) is 13.2 Å². The van der Waals surface area contributed by atoms with Crippen LogP contribution in [0.1, 0.15) is 11.1 Å². The lowest BCUT2D eigenvalue weighted by molar-refractivity contribution is 0.181. The van der Waals surface area contributed by atoms with Gasteiger partial charge in [0.05, 0.1) is 11.5 Å². The molecule has 0 aromatic heterocycles. The Labute approximate surface area is 161 Å². The summed E-state index contributed by atoms with van der Waals surface area (Å²) < 4.78 is 32.7. The van der Waals surface area contributed by atoms with Crippen LogP contribution in [0.2, 0.25) is 0 Å². The highest BCUT2D eigenvalue weighted by molar-refractivity contribution is 7.89. The number of hydrogen-bond donors (Lipinski definition) is 1. The van der Waals surface area contributed by atoms with Crippen LogP contribution in [0.3, 0.4) is 0 Å². The van der Waals surface area contributed by atoms with Gasteiger partial charge in [-0.3, -0.25) is 4.90 Å². The predicted octanol–water partition coefficient (Wildman–Crippen LogP) is 1.87. The van der Waals surface area contributed by atoms with Crippen LogP contribution in [0.15, 0.2) is 53.4 Å². The van der Waals surface area contributed by atoms with Gasteiger partial charge in [-0.25, -0.2) is 8.42 Å². The summed E-state index contributed by atoms with van der Waals surface area (Å²) >= 11 is 0. The lowest BCUT2D eigenvalue weighted by Gasteiger charge is -2.34. The first kappa shape index (κ1) is 19.8. The lowest BCUT2D eigenvalue weighted by atomic mass is 10.2. The Bertz CT molecular complexity index is 845. The van der Waals surface area contributed by atoms with Crippen molar-refractivity contribution in [1.82, 2.24) is 9.21 Å². The number of nitrogens with zero attached hydrogens (tertiary/aromatic N) is 2. The number of ether oxygens (including phenoxy) is 1. The minimum absolute atomic E-state index is 0.00254. The van der Waals surface area contributed by atoms with Gasteiger partial charge in [-0.2, -0.15) is 4.31 Å². The minimum Gasteiger partial charge on any atom is -0.491 e. The van der Waals surface area contributed by atoms with Crippen LogP contribution >= 0.6 is 0 Å². The number of aliphatic hydroxyl groups excluding tert-OH is 1. The van der Waals surface area contributed by atoms with Crippen molar-refractivity contribution in [3.8, 4) is 5.75 Å². The van der Waals surface area contributed by atoms with E-state index in [1.54, 1.807) is 16.4 Å². The standard InChI is InChI=1S/C20H26N2O4S/c1-17-4-2-3-5-20(17)27(24,25)22-12-10-21(11-13-22)16-18-6-8-19(9-7-18)26-15-14-23/h2-9,23H,10-16H2,1H3. The van der Waals surface area contributed by atoms with E-state index in [1.165, 1.54) is 0 Å². The summed E-state index contributed by atoms with van der Waals surface area (Å²) in [5.41, 5.74) is 1.94. The molecule has 1 aliphatic rings. The van der Waals surface area contributed by atoms with E-state index < -0.39 is 10.0 Å². The Hall–Kier alpha value is -1.93. The van der Waals surface area contributed by atoms with Crippen molar-refractivity contribution in [2.75, 3.05) is 39.4 Å². The third-order valence-corrected chi connectivity index (χ3v) is 6.79. The topological polar surface area (TPSA) is 70.1 Å². The summed E-state index contributed by atoms with van der Waals surface area (Å²) in [6.07, 6.45) is 0. The molecule has 0 radical (unpaired) electrons. The third kappa shape index (κ3) is 4.87. The van der Waals surface area contributed by atoms with Crippen LogP contribution < -0.4 is 4.74 Å². The van der Waals surface area contributed by atoms with E-state index in [2.05, 4.69) is 4.90 Å². The predicted molar refractivity (Wildman–Crippen MR) is 104 cm³/mol. The number of aryl methyl sites for hydroxylation is 1. The molecular formula is C20H26N2O4S. The molecule has 146 valence electrons. The van der Waals surface area contributed by atoms with Crippen LogP contribution in [-0.2, 0) is 16.6 Å². The molecule has 0 atom stereocenters. The van der Waals surface area contributed by atoms with Gasteiger partial charge in [0.25, 0.3) is 0 Å². The molecule has 0 saturated carbocycles. The van der Waals surface area contributed by atoms with Crippen LogP contribution in [0.4, 0.5) is 0 Å². The zero-order valence-corrected chi connectivity index (χ0v) is 16.4. The summed E-state index contributed by atoms with van der Waals surface area (Å²) in [4.78, 5) is 2.66. The molecule has 1 saturated heterocycles. The van der Waals surface area contributed by atoms with Crippen molar-refractivity contribution in [3.63, 3.8) is 0 Å². The quantitative estimate of drug-likeness (QED) is 0.782. The van der Waals surface area contributed by atoms with Gasteiger partial charge in [-0.15, -0.1) is 0 Å². The fourth-order valence-electron chi connectivity index (χ4n) is 3.23. The molecule has 0 aliphatic carbocycles. The number of sulfonamides is 1. The highest BCUT2D eigenvalue weighted by atomic mass is 32.2. The molecule has 0 amide bonds. The second-order valence-corrected chi connectivity index (χ2v) is 8.57. The Kier molecular flexibility index (Phi) is 6.49. The zero-order chi connectivity index (χ0) is 19.3. The molecule has 0 spiro atoms. The molecule has 6 nitrogen and oxygen atoms in total. The molecule has 1 heterocycles. The maximum Gasteiger partial charge on any atom is 0.243 e. The average molecular weight is 391 g/mol. The zero-order valence-electron chi connectivity index (χ0n) is 15.5. The van der Waals surface area contributed by atoms with Gasteiger partial charge in [-0.1, -0.05) is 30.3 Å². The molecule has 3 rings (SSSR count). The molecule has 1 fully saturated rings. The Morgan fingerprint density at radius 2 is 1.67 bits per heavy atom. The minimum atomic E-state index is -3.43. The van der Waals surface area contributed by atoms with E-state index in [0.717, 1.165) is 23.4 Å². The maximum atomic E-state index is 12.9. The first-order valence-corrected chi connectivity index (χ1v) is 10.6. The van der Waals surface area contributed by atoms with Crippen LogP contribution in [0.5, 0.6) is 5.75 Å². The van der Waals surface area contributed by atoms with Gasteiger partial charge in [0.2, 0.25) is 10.0 Å². The van der Waals surface area contributed by atoms with Gasteiger partial charge in [-0.05, 0) is 36.2 Å². The Morgan fingerprint density at radius 1 is 1.00 bits per heavy atom. The molecule has 1 N–H and O–H groups in total. The second-order valence-electron chi connectivity index (χ2n) is 6.66. The van der Waals surface area contributed by atoms with E-state index in [9.17, 15) is 8.42 Å². The smallest absolute Gasteiger partial charge is 0.243 e. The molecule has 7 heteroatoms. The molecule has 2 aromatic rings. The van der Waals surface area contributed by atoms with Crippen LogP contribution in [-0.4, -0.2) is 62.1 Å². The van der Waals surface area contributed by atoms with Crippen LogP contribution in [0.25, 0.3) is 0 Å². The summed E-state index contributed by atoms with van der Waals surface area (Å²) in [5, 5.41) is 8.79. The monoisotopic (exact) mass is 390 g/mol. The van der Waals surface area contributed by atoms with Crippen LogP contribution in [0, 0.1) is 6.92 Å². The Balaban J connectivity index is 1.57. The fourth-order valence-corrected chi connectivity index (χ4v) is 4.87. The summed E-state index contributed by atoms with van der Waals surface area (Å²) in [6.45, 7) is 5.29.